The summed E-state index contributed by atoms with van der Waals surface area (Å²) >= 11 is 0. The molecular formula is C24H25N3O3. The van der Waals surface area contributed by atoms with E-state index in [9.17, 15) is 4.79 Å². The maximum atomic E-state index is 11.2. The van der Waals surface area contributed by atoms with Crippen molar-refractivity contribution in [3.8, 4) is 11.5 Å². The number of esters is 1. The number of nitrogens with zero attached hydrogens (tertiary/aromatic N) is 3. The molecule has 0 aliphatic carbocycles. The Hall–Kier alpha value is -3.51. The zero-order chi connectivity index (χ0) is 21.2. The van der Waals surface area contributed by atoms with Gasteiger partial charge in [-0.1, -0.05) is 30.4 Å². The fourth-order valence-corrected chi connectivity index (χ4v) is 3.05. The number of ether oxygens (including phenoxy) is 2. The van der Waals surface area contributed by atoms with Gasteiger partial charge in [-0.25, -0.2) is 0 Å². The fourth-order valence-electron chi connectivity index (χ4n) is 3.05. The van der Waals surface area contributed by atoms with Crippen molar-refractivity contribution >= 4 is 12.0 Å². The first-order chi connectivity index (χ1) is 14.6. The predicted molar refractivity (Wildman–Crippen MR) is 116 cm³/mol. The molecule has 2 heterocycles. The van der Waals surface area contributed by atoms with Gasteiger partial charge >= 0.3 is 5.97 Å². The molecule has 0 saturated carbocycles. The van der Waals surface area contributed by atoms with Crippen LogP contribution in [0.2, 0.25) is 0 Å². The molecule has 0 amide bonds. The minimum atomic E-state index is -0.377. The van der Waals surface area contributed by atoms with Gasteiger partial charge in [0.2, 0.25) is 0 Å². The molecule has 0 atom stereocenters. The second kappa shape index (κ2) is 10.9. The molecule has 0 radical (unpaired) electrons. The second-order valence-corrected chi connectivity index (χ2v) is 6.80. The van der Waals surface area contributed by atoms with Crippen LogP contribution < -0.4 is 9.47 Å². The summed E-state index contributed by atoms with van der Waals surface area (Å²) < 4.78 is 10.5. The van der Waals surface area contributed by atoms with E-state index in [1.54, 1.807) is 25.6 Å². The van der Waals surface area contributed by atoms with Crippen LogP contribution in [0.5, 0.6) is 11.5 Å². The standard InChI is InChI=1S/C24H25N3O3/c1-19(28)30-23-10-9-20(14-24(23)29-2)8-5-13-27(17-21-6-3-11-25-15-21)18-22-7-4-12-26-16-22/h3-12,14-16H,13,17-18H2,1-2H3/b8-5+. The average molecular weight is 403 g/mol. The summed E-state index contributed by atoms with van der Waals surface area (Å²) in [7, 11) is 1.55. The van der Waals surface area contributed by atoms with Crippen LogP contribution in [0.25, 0.3) is 6.08 Å². The zero-order valence-corrected chi connectivity index (χ0v) is 17.2. The third kappa shape index (κ3) is 6.53. The van der Waals surface area contributed by atoms with E-state index in [1.807, 2.05) is 42.7 Å². The van der Waals surface area contributed by atoms with Crippen molar-refractivity contribution in [3.63, 3.8) is 0 Å². The lowest BCUT2D eigenvalue weighted by atomic mass is 10.1. The van der Waals surface area contributed by atoms with Gasteiger partial charge in [0, 0.05) is 51.3 Å². The molecule has 3 aromatic rings. The summed E-state index contributed by atoms with van der Waals surface area (Å²) in [5.41, 5.74) is 3.27. The van der Waals surface area contributed by atoms with Gasteiger partial charge in [-0.05, 0) is 41.0 Å². The van der Waals surface area contributed by atoms with E-state index in [4.69, 9.17) is 9.47 Å². The molecule has 0 fully saturated rings. The number of aromatic nitrogens is 2. The molecule has 2 aromatic heterocycles. The van der Waals surface area contributed by atoms with E-state index in [2.05, 4.69) is 33.1 Å². The Balaban J connectivity index is 1.71. The smallest absolute Gasteiger partial charge is 0.308 e. The highest BCUT2D eigenvalue weighted by Crippen LogP contribution is 2.28. The number of hydrogen-bond donors (Lipinski definition) is 0. The van der Waals surface area contributed by atoms with Crippen molar-refractivity contribution < 1.29 is 14.3 Å². The molecule has 6 nitrogen and oxygen atoms in total. The Kier molecular flexibility index (Phi) is 7.69. The van der Waals surface area contributed by atoms with Gasteiger partial charge in [0.25, 0.3) is 0 Å². The van der Waals surface area contributed by atoms with Crippen LogP contribution in [0, 0.1) is 0 Å². The number of rotatable bonds is 9. The SMILES string of the molecule is COc1cc(/C=C/CN(Cc2cccnc2)Cc2cccnc2)ccc1OC(C)=O. The lowest BCUT2D eigenvalue weighted by molar-refractivity contribution is -0.132. The molecule has 6 heteroatoms. The van der Waals surface area contributed by atoms with Gasteiger partial charge in [-0.15, -0.1) is 0 Å². The Morgan fingerprint density at radius 1 is 1.00 bits per heavy atom. The van der Waals surface area contributed by atoms with E-state index in [1.165, 1.54) is 6.92 Å². The summed E-state index contributed by atoms with van der Waals surface area (Å²) in [5.74, 6) is 0.560. The third-order valence-corrected chi connectivity index (χ3v) is 4.37. The van der Waals surface area contributed by atoms with Crippen molar-refractivity contribution in [1.82, 2.24) is 14.9 Å². The molecule has 154 valence electrons. The largest absolute Gasteiger partial charge is 0.493 e. The molecule has 0 aliphatic rings. The number of benzene rings is 1. The monoisotopic (exact) mass is 403 g/mol. The number of hydrogen-bond acceptors (Lipinski definition) is 6. The van der Waals surface area contributed by atoms with Gasteiger partial charge < -0.3 is 9.47 Å². The van der Waals surface area contributed by atoms with Gasteiger partial charge in [0.15, 0.2) is 11.5 Å². The first-order valence-electron chi connectivity index (χ1n) is 9.67. The quantitative estimate of drug-likeness (QED) is 0.395. The van der Waals surface area contributed by atoms with Crippen molar-refractivity contribution in [2.75, 3.05) is 13.7 Å². The molecule has 0 bridgehead atoms. The topological polar surface area (TPSA) is 64.6 Å². The molecule has 0 N–H and O–H groups in total. The number of methoxy groups -OCH3 is 1. The van der Waals surface area contributed by atoms with E-state index < -0.39 is 0 Å². The summed E-state index contributed by atoms with van der Waals surface area (Å²) in [5, 5.41) is 0. The predicted octanol–water partition coefficient (Wildman–Crippen LogP) is 4.13. The summed E-state index contributed by atoms with van der Waals surface area (Å²) in [4.78, 5) is 21.9. The number of pyridine rings is 2. The normalized spacial score (nSPS) is 11.0. The molecule has 3 rings (SSSR count). The summed E-state index contributed by atoms with van der Waals surface area (Å²) in [6.45, 7) is 3.67. The Morgan fingerprint density at radius 3 is 2.20 bits per heavy atom. The van der Waals surface area contributed by atoms with Gasteiger partial charge in [0.05, 0.1) is 7.11 Å². The van der Waals surface area contributed by atoms with Crippen LogP contribution in [0.15, 0.2) is 73.3 Å². The van der Waals surface area contributed by atoms with E-state index in [0.717, 1.165) is 36.3 Å². The van der Waals surface area contributed by atoms with E-state index in [-0.39, 0.29) is 5.97 Å². The summed E-state index contributed by atoms with van der Waals surface area (Å²) in [6.07, 6.45) is 11.5. The Morgan fingerprint density at radius 2 is 1.67 bits per heavy atom. The van der Waals surface area contributed by atoms with Gasteiger partial charge in [-0.2, -0.15) is 0 Å². The number of carbonyl (C=O) groups excluding carboxylic acids is 1. The van der Waals surface area contributed by atoms with E-state index >= 15 is 0 Å². The van der Waals surface area contributed by atoms with Crippen molar-refractivity contribution in [1.29, 1.82) is 0 Å². The first-order valence-corrected chi connectivity index (χ1v) is 9.67. The third-order valence-electron chi connectivity index (χ3n) is 4.37. The highest BCUT2D eigenvalue weighted by molar-refractivity contribution is 5.71. The first kappa shape index (κ1) is 21.2. The minimum Gasteiger partial charge on any atom is -0.493 e. The minimum absolute atomic E-state index is 0.377. The maximum Gasteiger partial charge on any atom is 0.308 e. The van der Waals surface area contributed by atoms with Crippen molar-refractivity contribution in [3.05, 3.63) is 90.0 Å². The fraction of sp³-hybridized carbons (Fsp3) is 0.208. The Labute approximate surface area is 176 Å². The lowest BCUT2D eigenvalue weighted by Gasteiger charge is -2.20. The number of carbonyl (C=O) groups is 1. The van der Waals surface area contributed by atoms with Crippen LogP contribution in [-0.2, 0) is 17.9 Å². The molecule has 0 saturated heterocycles. The lowest BCUT2D eigenvalue weighted by Crippen LogP contribution is -2.23. The molecule has 30 heavy (non-hydrogen) atoms. The van der Waals surface area contributed by atoms with Gasteiger partial charge in [0.1, 0.15) is 0 Å². The maximum absolute atomic E-state index is 11.2. The zero-order valence-electron chi connectivity index (χ0n) is 17.2. The van der Waals surface area contributed by atoms with Crippen molar-refractivity contribution in [2.24, 2.45) is 0 Å². The van der Waals surface area contributed by atoms with Gasteiger partial charge in [-0.3, -0.25) is 19.7 Å². The van der Waals surface area contributed by atoms with E-state index in [0.29, 0.717) is 11.5 Å². The second-order valence-electron chi connectivity index (χ2n) is 6.80. The average Bonchev–Trinajstić information content (AvgIpc) is 2.75. The molecule has 0 spiro atoms. The van der Waals surface area contributed by atoms with Crippen LogP contribution in [0.4, 0.5) is 0 Å². The molecular weight excluding hydrogens is 378 g/mol. The molecule has 0 unspecified atom stereocenters. The van der Waals surface area contributed by atoms with Crippen LogP contribution in [0.1, 0.15) is 23.6 Å². The van der Waals surface area contributed by atoms with Crippen LogP contribution in [0.3, 0.4) is 0 Å². The molecule has 1 aromatic carbocycles. The summed E-state index contributed by atoms with van der Waals surface area (Å²) in [6, 6.07) is 13.5. The Bertz CT molecular complexity index is 934. The van der Waals surface area contributed by atoms with Crippen LogP contribution in [-0.4, -0.2) is 34.5 Å². The molecule has 0 aliphatic heterocycles. The highest BCUT2D eigenvalue weighted by atomic mass is 16.6. The highest BCUT2D eigenvalue weighted by Gasteiger charge is 2.08. The van der Waals surface area contributed by atoms with Crippen molar-refractivity contribution in [2.45, 2.75) is 20.0 Å². The van der Waals surface area contributed by atoms with Crippen LogP contribution >= 0.6 is 0 Å².